The Morgan fingerprint density at radius 3 is 2.94 bits per heavy atom. The fourth-order valence-corrected chi connectivity index (χ4v) is 5.06. The van der Waals surface area contributed by atoms with Crippen molar-refractivity contribution in [3.63, 3.8) is 0 Å². The number of rotatable bonds is 8. The number of fused-ring (bicyclic) bond motifs is 1. The Bertz CT molecular complexity index is 1060. The van der Waals surface area contributed by atoms with Crippen LogP contribution in [0.1, 0.15) is 43.0 Å². The van der Waals surface area contributed by atoms with E-state index in [2.05, 4.69) is 42.5 Å². The monoisotopic (exact) mass is 506 g/mol. The van der Waals surface area contributed by atoms with Crippen LogP contribution >= 0.6 is 11.6 Å². The van der Waals surface area contributed by atoms with Crippen molar-refractivity contribution in [2.45, 2.75) is 38.6 Å². The lowest BCUT2D eigenvalue weighted by Crippen LogP contribution is -2.39. The highest BCUT2D eigenvalue weighted by atomic mass is 35.5. The molecule has 1 aliphatic carbocycles. The summed E-state index contributed by atoms with van der Waals surface area (Å²) in [5.74, 6) is 0.941. The lowest BCUT2D eigenvalue weighted by Gasteiger charge is -2.33. The number of aromatic nitrogens is 2. The van der Waals surface area contributed by atoms with E-state index in [1.807, 2.05) is 12.1 Å². The predicted molar refractivity (Wildman–Crippen MR) is 133 cm³/mol. The molecule has 2 aliphatic rings. The number of hydrogen-bond donors (Lipinski definition) is 4. The third-order valence-electron chi connectivity index (χ3n) is 6.33. The van der Waals surface area contributed by atoms with Crippen molar-refractivity contribution >= 4 is 51.9 Å². The topological polar surface area (TPSA) is 134 Å². The minimum absolute atomic E-state index is 0.0502. The van der Waals surface area contributed by atoms with E-state index in [4.69, 9.17) is 11.6 Å². The number of likely N-dealkylation sites (N-methyl/N-ethyl adjacent to an activating group) is 1. The Balaban J connectivity index is 1.52. The second kappa shape index (κ2) is 11.3. The Morgan fingerprint density at radius 2 is 2.15 bits per heavy atom. The van der Waals surface area contributed by atoms with Crippen molar-refractivity contribution in [3.8, 4) is 0 Å². The first-order chi connectivity index (χ1) is 16.4. The maximum absolute atomic E-state index is 12.4. The number of anilines is 4. The molecular formula is C22H29ClN7O3S-. The molecule has 1 amide bonds. The molecule has 1 aromatic heterocycles. The van der Waals surface area contributed by atoms with Crippen LogP contribution in [0, 0.1) is 5.92 Å². The summed E-state index contributed by atoms with van der Waals surface area (Å²) in [7, 11) is 0. The SMILES string of the molecule is CCN1CCNC(=O)c2ccc(Nc3ncc(Cl)c(N[C@@H]4CCCC[C@@H]4CNS(=O)[O-])n3)cc21. The molecule has 0 spiro atoms. The number of halogens is 1. The Labute approximate surface area is 206 Å². The molecule has 4 N–H and O–H groups in total. The number of hydrogen-bond acceptors (Lipinski definition) is 8. The van der Waals surface area contributed by atoms with Gasteiger partial charge in [0.05, 0.1) is 17.4 Å². The molecular weight excluding hydrogens is 478 g/mol. The molecule has 2 aromatic rings. The van der Waals surface area contributed by atoms with Crippen LogP contribution in [0.5, 0.6) is 0 Å². The van der Waals surface area contributed by atoms with Gasteiger partial charge >= 0.3 is 0 Å². The molecule has 1 saturated carbocycles. The summed E-state index contributed by atoms with van der Waals surface area (Å²) in [5, 5.41) is 9.93. The fraction of sp³-hybridized carbons (Fsp3) is 0.500. The van der Waals surface area contributed by atoms with E-state index in [0.717, 1.165) is 50.1 Å². The van der Waals surface area contributed by atoms with Crippen molar-refractivity contribution in [1.82, 2.24) is 20.0 Å². The largest absolute Gasteiger partial charge is 0.760 e. The summed E-state index contributed by atoms with van der Waals surface area (Å²) in [5.41, 5.74) is 2.27. The molecule has 0 saturated heterocycles. The van der Waals surface area contributed by atoms with Gasteiger partial charge in [-0.2, -0.15) is 4.98 Å². The molecule has 0 radical (unpaired) electrons. The number of carbonyl (C=O) groups excluding carboxylic acids is 1. The summed E-state index contributed by atoms with van der Waals surface area (Å²) in [6.45, 7) is 4.55. The van der Waals surface area contributed by atoms with Crippen LogP contribution in [-0.2, 0) is 11.3 Å². The van der Waals surface area contributed by atoms with E-state index in [-0.39, 0.29) is 17.9 Å². The van der Waals surface area contributed by atoms with Gasteiger partial charge in [0.15, 0.2) is 5.82 Å². The van der Waals surface area contributed by atoms with Crippen molar-refractivity contribution in [2.24, 2.45) is 5.92 Å². The van der Waals surface area contributed by atoms with Crippen LogP contribution in [0.4, 0.5) is 23.1 Å². The first-order valence-corrected chi connectivity index (χ1v) is 13.0. The van der Waals surface area contributed by atoms with Gasteiger partial charge in [-0.05, 0) is 43.9 Å². The summed E-state index contributed by atoms with van der Waals surface area (Å²) < 4.78 is 24.4. The first kappa shape index (κ1) is 24.6. The summed E-state index contributed by atoms with van der Waals surface area (Å²) >= 11 is 4.09. The molecule has 12 heteroatoms. The summed E-state index contributed by atoms with van der Waals surface area (Å²) in [4.78, 5) is 23.4. The fourth-order valence-electron chi connectivity index (χ4n) is 4.56. The van der Waals surface area contributed by atoms with Gasteiger partial charge in [-0.25, -0.2) is 9.71 Å². The van der Waals surface area contributed by atoms with Crippen molar-refractivity contribution in [3.05, 3.63) is 35.0 Å². The van der Waals surface area contributed by atoms with Gasteiger partial charge < -0.3 is 25.4 Å². The van der Waals surface area contributed by atoms with Crippen LogP contribution in [0.25, 0.3) is 0 Å². The van der Waals surface area contributed by atoms with Gasteiger partial charge in [0.2, 0.25) is 5.95 Å². The van der Waals surface area contributed by atoms with Gasteiger partial charge in [0.25, 0.3) is 5.91 Å². The number of amides is 1. The highest BCUT2D eigenvalue weighted by molar-refractivity contribution is 7.77. The van der Waals surface area contributed by atoms with Crippen LogP contribution in [-0.4, -0.2) is 56.9 Å². The van der Waals surface area contributed by atoms with E-state index >= 15 is 0 Å². The zero-order valence-electron chi connectivity index (χ0n) is 19.0. The average Bonchev–Trinajstić information content (AvgIpc) is 2.98. The molecule has 10 nitrogen and oxygen atoms in total. The number of nitrogens with zero attached hydrogens (tertiary/aromatic N) is 3. The Hall–Kier alpha value is -2.47. The van der Waals surface area contributed by atoms with Crippen molar-refractivity contribution in [2.75, 3.05) is 41.7 Å². The maximum atomic E-state index is 12.4. The van der Waals surface area contributed by atoms with Gasteiger partial charge in [0.1, 0.15) is 5.02 Å². The molecule has 1 fully saturated rings. The Morgan fingerprint density at radius 1 is 1.32 bits per heavy atom. The second-order valence-electron chi connectivity index (χ2n) is 8.46. The van der Waals surface area contributed by atoms with Crippen LogP contribution in [0.2, 0.25) is 5.02 Å². The minimum atomic E-state index is -2.29. The molecule has 1 aromatic carbocycles. The number of benzene rings is 1. The molecule has 2 heterocycles. The standard InChI is InChI=1S/C22H30ClN7O3S/c1-2-30-10-9-24-21(31)16-8-7-15(11-19(16)30)27-22-25-13-17(23)20(29-22)28-18-6-4-3-5-14(18)12-26-34(32)33/h7-8,11,13-14,18,26H,2-6,9-10,12H2,1H3,(H,24,31)(H,32,33)(H2,25,27,28,29)/p-1/t14-,18-/m1/s1. The van der Waals surface area contributed by atoms with E-state index in [0.29, 0.717) is 35.4 Å². The van der Waals surface area contributed by atoms with Crippen molar-refractivity contribution < 1.29 is 13.6 Å². The van der Waals surface area contributed by atoms with E-state index in [9.17, 15) is 13.6 Å². The van der Waals surface area contributed by atoms with E-state index < -0.39 is 11.3 Å². The normalized spacial score (nSPS) is 21.3. The molecule has 1 aliphatic heterocycles. The summed E-state index contributed by atoms with van der Waals surface area (Å²) in [6, 6.07) is 5.61. The molecule has 0 bridgehead atoms. The highest BCUT2D eigenvalue weighted by Gasteiger charge is 2.26. The van der Waals surface area contributed by atoms with Crippen LogP contribution in [0.3, 0.4) is 0 Å². The molecule has 184 valence electrons. The van der Waals surface area contributed by atoms with Crippen LogP contribution in [0.15, 0.2) is 24.4 Å². The third-order valence-corrected chi connectivity index (χ3v) is 7.01. The van der Waals surface area contributed by atoms with Gasteiger partial charge in [0, 0.05) is 49.2 Å². The highest BCUT2D eigenvalue weighted by Crippen LogP contribution is 2.31. The lowest BCUT2D eigenvalue weighted by atomic mass is 9.84. The third kappa shape index (κ3) is 5.96. The second-order valence-corrected chi connectivity index (χ2v) is 9.63. The summed E-state index contributed by atoms with van der Waals surface area (Å²) in [6.07, 6.45) is 5.48. The van der Waals surface area contributed by atoms with Gasteiger partial charge in [-0.15, -0.1) is 0 Å². The lowest BCUT2D eigenvalue weighted by molar-refractivity contribution is 0.0958. The number of carbonyl (C=O) groups is 1. The van der Waals surface area contributed by atoms with Crippen LogP contribution < -0.4 is 25.6 Å². The number of nitrogens with one attached hydrogen (secondary N) is 4. The zero-order valence-corrected chi connectivity index (χ0v) is 20.5. The van der Waals surface area contributed by atoms with Gasteiger partial charge in [-0.3, -0.25) is 9.00 Å². The zero-order chi connectivity index (χ0) is 24.1. The molecule has 34 heavy (non-hydrogen) atoms. The van der Waals surface area contributed by atoms with Crippen molar-refractivity contribution in [1.29, 1.82) is 0 Å². The van der Waals surface area contributed by atoms with Gasteiger partial charge in [-0.1, -0.05) is 24.4 Å². The minimum Gasteiger partial charge on any atom is -0.760 e. The predicted octanol–water partition coefficient (Wildman–Crippen LogP) is 2.80. The molecule has 1 unspecified atom stereocenters. The smallest absolute Gasteiger partial charge is 0.253 e. The molecule has 3 atom stereocenters. The average molecular weight is 507 g/mol. The quantitative estimate of drug-likeness (QED) is 0.401. The maximum Gasteiger partial charge on any atom is 0.253 e. The first-order valence-electron chi connectivity index (χ1n) is 11.5. The van der Waals surface area contributed by atoms with E-state index in [1.165, 1.54) is 6.20 Å². The Kier molecular flexibility index (Phi) is 8.19. The molecule has 4 rings (SSSR count). The van der Waals surface area contributed by atoms with E-state index in [1.54, 1.807) is 6.07 Å².